The normalized spacial score (nSPS) is 14.2. The van der Waals surface area contributed by atoms with Crippen molar-refractivity contribution in [2.75, 3.05) is 29.9 Å². The van der Waals surface area contributed by atoms with E-state index in [1.54, 1.807) is 48.5 Å². The molecule has 0 fully saturated rings. The average Bonchev–Trinajstić information content (AvgIpc) is 3.02. The van der Waals surface area contributed by atoms with Crippen LogP contribution in [0.1, 0.15) is 5.56 Å². The van der Waals surface area contributed by atoms with Gasteiger partial charge in [-0.3, -0.25) is 14.3 Å². The highest BCUT2D eigenvalue weighted by Crippen LogP contribution is 2.33. The van der Waals surface area contributed by atoms with Gasteiger partial charge in [0.05, 0.1) is 29.9 Å². The van der Waals surface area contributed by atoms with E-state index in [0.717, 1.165) is 5.56 Å². The van der Waals surface area contributed by atoms with Crippen LogP contribution in [0, 0.1) is 0 Å². The van der Waals surface area contributed by atoms with Crippen molar-refractivity contribution in [3.8, 4) is 17.2 Å². The summed E-state index contributed by atoms with van der Waals surface area (Å²) in [6, 6.07) is 28.8. The number of amides is 2. The lowest BCUT2D eigenvalue weighted by atomic mass is 10.1. The molecule has 2 N–H and O–H groups in total. The van der Waals surface area contributed by atoms with Crippen LogP contribution in [0.5, 0.6) is 17.2 Å². The average molecular weight is 588 g/mol. The number of ether oxygens (including phenoxy) is 3. The number of methoxy groups -OCH3 is 1. The first kappa shape index (κ1) is 28.5. The molecule has 10 nitrogen and oxygen atoms in total. The van der Waals surface area contributed by atoms with Gasteiger partial charge in [-0.15, -0.1) is 0 Å². The molecule has 0 saturated heterocycles. The van der Waals surface area contributed by atoms with Gasteiger partial charge in [0.1, 0.15) is 17.2 Å². The number of rotatable bonds is 10. The highest BCUT2D eigenvalue weighted by Gasteiger charge is 2.33. The number of nitrogens with zero attached hydrogens (tertiary/aromatic N) is 1. The number of carbonyl (C=O) groups excluding carboxylic acids is 2. The number of benzene rings is 4. The molecule has 1 heterocycles. The molecule has 216 valence electrons. The van der Waals surface area contributed by atoms with Crippen molar-refractivity contribution in [2.45, 2.75) is 17.5 Å². The predicted molar refractivity (Wildman–Crippen MR) is 157 cm³/mol. The number of sulfonamides is 1. The van der Waals surface area contributed by atoms with Crippen molar-refractivity contribution in [1.29, 1.82) is 0 Å². The van der Waals surface area contributed by atoms with Crippen LogP contribution in [0.25, 0.3) is 0 Å². The van der Waals surface area contributed by atoms with Gasteiger partial charge in [0.25, 0.3) is 21.8 Å². The smallest absolute Gasteiger partial charge is 0.265 e. The van der Waals surface area contributed by atoms with Gasteiger partial charge < -0.3 is 24.4 Å². The molecule has 0 aromatic heterocycles. The summed E-state index contributed by atoms with van der Waals surface area (Å²) >= 11 is 0. The standard InChI is InChI=1S/C31H29N3O7S/c1-39-25-11-7-10-23(18-25)33-42(37,38)26-16-14-24(15-17-26)40-21-30(35)34-20-29(41-28-13-6-5-12-27(28)34)31(36)32-19-22-8-3-2-4-9-22/h2-18,29,33H,19-21H2,1H3,(H,32,36). The quantitative estimate of drug-likeness (QED) is 0.288. The maximum Gasteiger partial charge on any atom is 0.265 e. The van der Waals surface area contributed by atoms with Gasteiger partial charge >= 0.3 is 0 Å². The van der Waals surface area contributed by atoms with E-state index in [-0.39, 0.29) is 29.9 Å². The number of hydrogen-bond acceptors (Lipinski definition) is 7. The van der Waals surface area contributed by atoms with E-state index < -0.39 is 16.1 Å². The maximum absolute atomic E-state index is 13.3. The number of nitrogens with one attached hydrogen (secondary N) is 2. The fraction of sp³-hybridized carbons (Fsp3) is 0.161. The van der Waals surface area contributed by atoms with Crippen LogP contribution < -0.4 is 29.1 Å². The Hall–Kier alpha value is -5.03. The zero-order chi connectivity index (χ0) is 29.5. The third-order valence-electron chi connectivity index (χ3n) is 6.50. The topological polar surface area (TPSA) is 123 Å². The number of para-hydroxylation sites is 2. The molecule has 1 unspecified atom stereocenters. The van der Waals surface area contributed by atoms with Gasteiger partial charge in [-0.25, -0.2) is 8.42 Å². The van der Waals surface area contributed by atoms with Gasteiger partial charge in [-0.1, -0.05) is 48.5 Å². The summed E-state index contributed by atoms with van der Waals surface area (Å²) in [5, 5.41) is 2.86. The van der Waals surface area contributed by atoms with Crippen LogP contribution >= 0.6 is 0 Å². The van der Waals surface area contributed by atoms with Crippen LogP contribution in [0.15, 0.2) is 108 Å². The Balaban J connectivity index is 1.21. The number of carbonyl (C=O) groups is 2. The summed E-state index contributed by atoms with van der Waals surface area (Å²) in [5.74, 6) is 0.512. The van der Waals surface area contributed by atoms with E-state index in [9.17, 15) is 18.0 Å². The Bertz CT molecular complexity index is 1660. The van der Waals surface area contributed by atoms with Crippen molar-refractivity contribution in [1.82, 2.24) is 5.32 Å². The zero-order valence-corrected chi connectivity index (χ0v) is 23.5. The number of fused-ring (bicyclic) bond motifs is 1. The molecule has 5 rings (SSSR count). The van der Waals surface area contributed by atoms with Crippen molar-refractivity contribution in [3.05, 3.63) is 109 Å². The Morgan fingerprint density at radius 3 is 2.40 bits per heavy atom. The molecule has 4 aromatic carbocycles. The second kappa shape index (κ2) is 12.6. The lowest BCUT2D eigenvalue weighted by Crippen LogP contribution is -2.51. The van der Waals surface area contributed by atoms with Gasteiger partial charge in [-0.05, 0) is 54.1 Å². The van der Waals surface area contributed by atoms with E-state index in [2.05, 4.69) is 10.0 Å². The molecule has 4 aromatic rings. The van der Waals surface area contributed by atoms with Crippen LogP contribution in [-0.4, -0.2) is 46.6 Å². The van der Waals surface area contributed by atoms with E-state index in [0.29, 0.717) is 35.2 Å². The lowest BCUT2D eigenvalue weighted by molar-refractivity contribution is -0.128. The molecule has 42 heavy (non-hydrogen) atoms. The molecule has 1 atom stereocenters. The first-order chi connectivity index (χ1) is 20.3. The summed E-state index contributed by atoms with van der Waals surface area (Å²) < 4.78 is 44.9. The SMILES string of the molecule is COc1cccc(NS(=O)(=O)c2ccc(OCC(=O)N3CC(C(=O)NCc4ccccc4)Oc4ccccc43)cc2)c1. The number of hydrogen-bond donors (Lipinski definition) is 2. The minimum absolute atomic E-state index is 0.00690. The van der Waals surface area contributed by atoms with Gasteiger partial charge in [0, 0.05) is 12.6 Å². The van der Waals surface area contributed by atoms with Crippen LogP contribution in [0.3, 0.4) is 0 Å². The molecule has 11 heteroatoms. The molecule has 0 bridgehead atoms. The first-order valence-corrected chi connectivity index (χ1v) is 14.6. The highest BCUT2D eigenvalue weighted by atomic mass is 32.2. The monoisotopic (exact) mass is 587 g/mol. The van der Waals surface area contributed by atoms with Crippen molar-refractivity contribution < 1.29 is 32.2 Å². The summed E-state index contributed by atoms with van der Waals surface area (Å²) in [4.78, 5) is 27.7. The molecule has 0 radical (unpaired) electrons. The van der Waals surface area contributed by atoms with Crippen LogP contribution in [0.4, 0.5) is 11.4 Å². The summed E-state index contributed by atoms with van der Waals surface area (Å²) in [6.07, 6.45) is -0.908. The summed E-state index contributed by atoms with van der Waals surface area (Å²) in [6.45, 7) is 0.00676. The summed E-state index contributed by atoms with van der Waals surface area (Å²) in [5.41, 5.74) is 1.83. The van der Waals surface area contributed by atoms with E-state index >= 15 is 0 Å². The van der Waals surface area contributed by atoms with E-state index in [1.807, 2.05) is 30.3 Å². The van der Waals surface area contributed by atoms with Crippen molar-refractivity contribution >= 4 is 33.2 Å². The fourth-order valence-corrected chi connectivity index (χ4v) is 5.39. The Kier molecular flexibility index (Phi) is 8.58. The van der Waals surface area contributed by atoms with Crippen molar-refractivity contribution in [3.63, 3.8) is 0 Å². The lowest BCUT2D eigenvalue weighted by Gasteiger charge is -2.34. The largest absolute Gasteiger partial charge is 0.497 e. The number of anilines is 2. The van der Waals surface area contributed by atoms with Gasteiger partial charge in [0.2, 0.25) is 0 Å². The molecular weight excluding hydrogens is 558 g/mol. The van der Waals surface area contributed by atoms with E-state index in [4.69, 9.17) is 14.2 Å². The van der Waals surface area contributed by atoms with Crippen LogP contribution in [-0.2, 0) is 26.2 Å². The fourth-order valence-electron chi connectivity index (χ4n) is 4.34. The Labute approximate surface area is 243 Å². The predicted octanol–water partition coefficient (Wildman–Crippen LogP) is 3.99. The Morgan fingerprint density at radius 1 is 0.905 bits per heavy atom. The molecule has 1 aliphatic heterocycles. The minimum Gasteiger partial charge on any atom is -0.497 e. The molecular formula is C31H29N3O7S. The zero-order valence-electron chi connectivity index (χ0n) is 22.7. The third kappa shape index (κ3) is 6.81. The molecule has 0 saturated carbocycles. The second-order valence-corrected chi connectivity index (χ2v) is 11.1. The van der Waals surface area contributed by atoms with Gasteiger partial charge in [0.15, 0.2) is 12.7 Å². The third-order valence-corrected chi connectivity index (χ3v) is 7.89. The van der Waals surface area contributed by atoms with Crippen LogP contribution in [0.2, 0.25) is 0 Å². The maximum atomic E-state index is 13.3. The molecule has 1 aliphatic rings. The van der Waals surface area contributed by atoms with E-state index in [1.165, 1.54) is 36.3 Å². The Morgan fingerprint density at radius 2 is 1.64 bits per heavy atom. The van der Waals surface area contributed by atoms with Crippen molar-refractivity contribution in [2.24, 2.45) is 0 Å². The minimum atomic E-state index is -3.86. The summed E-state index contributed by atoms with van der Waals surface area (Å²) in [7, 11) is -2.36. The first-order valence-electron chi connectivity index (χ1n) is 13.1. The second-order valence-electron chi connectivity index (χ2n) is 9.38. The molecule has 0 spiro atoms. The molecule has 0 aliphatic carbocycles. The molecule has 2 amide bonds. The highest BCUT2D eigenvalue weighted by molar-refractivity contribution is 7.92. The van der Waals surface area contributed by atoms with Gasteiger partial charge in [-0.2, -0.15) is 0 Å².